The van der Waals surface area contributed by atoms with Crippen molar-refractivity contribution >= 4 is 34.6 Å². The predicted molar refractivity (Wildman–Crippen MR) is 112 cm³/mol. The Morgan fingerprint density at radius 3 is 2.83 bits per heavy atom. The van der Waals surface area contributed by atoms with Crippen LogP contribution in [0, 0.1) is 5.82 Å². The molecule has 2 aromatic carbocycles. The highest BCUT2D eigenvalue weighted by Crippen LogP contribution is 2.25. The number of ether oxygens (including phenoxy) is 2. The van der Waals surface area contributed by atoms with E-state index in [-0.39, 0.29) is 18.3 Å². The predicted octanol–water partition coefficient (Wildman–Crippen LogP) is 4.21. The fraction of sp³-hybridized carbons (Fsp3) is 0.238. The number of anilines is 1. The van der Waals surface area contributed by atoms with E-state index in [1.54, 1.807) is 18.2 Å². The molecule has 0 radical (unpaired) electrons. The molecule has 0 saturated carbocycles. The van der Waals surface area contributed by atoms with Crippen molar-refractivity contribution in [3.8, 4) is 0 Å². The number of imidazole rings is 1. The lowest BCUT2D eigenvalue weighted by atomic mass is 10.3. The number of halogens is 1. The molecule has 1 heterocycles. The van der Waals surface area contributed by atoms with Gasteiger partial charge in [0, 0.05) is 17.0 Å². The summed E-state index contributed by atoms with van der Waals surface area (Å²) in [5, 5.41) is 0. The van der Waals surface area contributed by atoms with Crippen LogP contribution in [0.3, 0.4) is 0 Å². The van der Waals surface area contributed by atoms with Crippen LogP contribution in [-0.2, 0) is 27.2 Å². The summed E-state index contributed by atoms with van der Waals surface area (Å²) in [5.74, 6) is 0.140. The Morgan fingerprint density at radius 1 is 1.31 bits per heavy atom. The van der Waals surface area contributed by atoms with Gasteiger partial charge in [0.1, 0.15) is 18.2 Å². The zero-order chi connectivity index (χ0) is 20.6. The highest BCUT2D eigenvalue weighted by atomic mass is 32.2. The molecule has 0 atom stereocenters. The number of rotatable bonds is 10. The van der Waals surface area contributed by atoms with E-state index < -0.39 is 0 Å². The fourth-order valence-electron chi connectivity index (χ4n) is 2.75. The number of carbonyl (C=O) groups is 1. The molecular formula is C21H22FN3O3S. The van der Waals surface area contributed by atoms with Gasteiger partial charge in [0.15, 0.2) is 0 Å². The summed E-state index contributed by atoms with van der Waals surface area (Å²) >= 11 is 1.38. The molecule has 0 saturated heterocycles. The molecule has 29 heavy (non-hydrogen) atoms. The minimum atomic E-state index is -0.341. The van der Waals surface area contributed by atoms with Crippen LogP contribution in [0.4, 0.5) is 10.1 Å². The van der Waals surface area contributed by atoms with Gasteiger partial charge in [-0.15, -0.1) is 6.58 Å². The van der Waals surface area contributed by atoms with Gasteiger partial charge in [-0.2, -0.15) is 0 Å². The van der Waals surface area contributed by atoms with Crippen LogP contribution in [-0.4, -0.2) is 35.8 Å². The second-order valence-electron chi connectivity index (χ2n) is 6.17. The number of aromatic nitrogens is 2. The minimum Gasteiger partial charge on any atom is -0.468 e. The summed E-state index contributed by atoms with van der Waals surface area (Å²) in [4.78, 5) is 17.4. The van der Waals surface area contributed by atoms with Crippen LogP contribution in [0.15, 0.2) is 60.0 Å². The third-order valence-corrected chi connectivity index (χ3v) is 4.99. The molecule has 1 N–H and O–H groups in total. The summed E-state index contributed by atoms with van der Waals surface area (Å²) in [5.41, 5.74) is 2.45. The van der Waals surface area contributed by atoms with Gasteiger partial charge in [0.05, 0.1) is 31.4 Å². The quantitative estimate of drug-likeness (QED) is 0.232. The van der Waals surface area contributed by atoms with E-state index in [1.807, 2.05) is 22.8 Å². The molecule has 8 heteroatoms. The number of methoxy groups -OCH3 is 1. The van der Waals surface area contributed by atoms with E-state index in [9.17, 15) is 9.18 Å². The lowest BCUT2D eigenvalue weighted by molar-refractivity contribution is -0.141. The van der Waals surface area contributed by atoms with Crippen LogP contribution in [0.5, 0.6) is 0 Å². The maximum atomic E-state index is 13.0. The number of esters is 1. The largest absolute Gasteiger partial charge is 0.468 e. The molecule has 1 aromatic heterocycles. The number of nitrogens with zero attached hydrogens (tertiary/aromatic N) is 2. The van der Waals surface area contributed by atoms with E-state index in [4.69, 9.17) is 9.47 Å². The monoisotopic (exact) mass is 415 g/mol. The van der Waals surface area contributed by atoms with Crippen LogP contribution >= 0.6 is 11.9 Å². The number of nitrogens with one attached hydrogen (secondary N) is 1. The molecule has 0 fully saturated rings. The van der Waals surface area contributed by atoms with Gasteiger partial charge in [-0.3, -0.25) is 4.79 Å². The van der Waals surface area contributed by atoms with Gasteiger partial charge in [0.2, 0.25) is 0 Å². The van der Waals surface area contributed by atoms with Gasteiger partial charge < -0.3 is 18.8 Å². The maximum absolute atomic E-state index is 13.0. The first-order chi connectivity index (χ1) is 14.1. The van der Waals surface area contributed by atoms with E-state index in [2.05, 4.69) is 16.3 Å². The van der Waals surface area contributed by atoms with Crippen molar-refractivity contribution in [2.24, 2.45) is 0 Å². The first kappa shape index (κ1) is 20.9. The summed E-state index contributed by atoms with van der Waals surface area (Å²) in [6, 6.07) is 12.0. The summed E-state index contributed by atoms with van der Waals surface area (Å²) in [7, 11) is 1.36. The fourth-order valence-corrected chi connectivity index (χ4v) is 3.39. The molecule has 0 amide bonds. The normalized spacial score (nSPS) is 10.8. The molecule has 0 unspecified atom stereocenters. The van der Waals surface area contributed by atoms with Crippen LogP contribution < -0.4 is 4.72 Å². The van der Waals surface area contributed by atoms with E-state index in [0.29, 0.717) is 19.6 Å². The Morgan fingerprint density at radius 2 is 2.10 bits per heavy atom. The highest BCUT2D eigenvalue weighted by molar-refractivity contribution is 8.00. The van der Waals surface area contributed by atoms with Crippen molar-refractivity contribution in [3.63, 3.8) is 0 Å². The van der Waals surface area contributed by atoms with Crippen LogP contribution in [0.2, 0.25) is 0 Å². The Kier molecular flexibility index (Phi) is 7.26. The lowest BCUT2D eigenvalue weighted by Crippen LogP contribution is -2.15. The molecular weight excluding hydrogens is 393 g/mol. The summed E-state index contributed by atoms with van der Waals surface area (Å²) < 4.78 is 28.4. The zero-order valence-electron chi connectivity index (χ0n) is 16.1. The van der Waals surface area contributed by atoms with Crippen molar-refractivity contribution in [2.45, 2.75) is 17.9 Å². The Bertz CT molecular complexity index is 989. The van der Waals surface area contributed by atoms with Crippen molar-refractivity contribution in [1.29, 1.82) is 0 Å². The Balaban J connectivity index is 1.79. The van der Waals surface area contributed by atoms with Gasteiger partial charge in [-0.05, 0) is 54.4 Å². The minimum absolute atomic E-state index is 0.0842. The number of benzene rings is 2. The van der Waals surface area contributed by atoms with Crippen molar-refractivity contribution in [1.82, 2.24) is 9.55 Å². The second-order valence-corrected chi connectivity index (χ2v) is 7.05. The molecule has 0 aliphatic heterocycles. The SMILES string of the molecule is C=CCOCCc1nc2cc(NSc3ccc(F)cc3)ccc2n1CC(=O)OC. The molecule has 0 spiro atoms. The number of hydrogen-bond donors (Lipinski definition) is 1. The van der Waals surface area contributed by atoms with E-state index in [0.717, 1.165) is 27.4 Å². The maximum Gasteiger partial charge on any atom is 0.325 e. The van der Waals surface area contributed by atoms with Crippen LogP contribution in [0.1, 0.15) is 5.82 Å². The van der Waals surface area contributed by atoms with Gasteiger partial charge in [0.25, 0.3) is 0 Å². The van der Waals surface area contributed by atoms with E-state index >= 15 is 0 Å². The van der Waals surface area contributed by atoms with Gasteiger partial charge in [-0.1, -0.05) is 6.08 Å². The number of hydrogen-bond acceptors (Lipinski definition) is 6. The molecule has 0 aliphatic rings. The lowest BCUT2D eigenvalue weighted by Gasteiger charge is -2.09. The third-order valence-electron chi connectivity index (χ3n) is 4.15. The first-order valence-electron chi connectivity index (χ1n) is 9.03. The number of carbonyl (C=O) groups excluding carboxylic acids is 1. The average Bonchev–Trinajstić information content (AvgIpc) is 3.07. The Labute approximate surface area is 172 Å². The first-order valence-corrected chi connectivity index (χ1v) is 9.85. The zero-order valence-corrected chi connectivity index (χ0v) is 16.9. The summed E-state index contributed by atoms with van der Waals surface area (Å²) in [6.07, 6.45) is 2.25. The van der Waals surface area contributed by atoms with Crippen molar-refractivity contribution < 1.29 is 18.7 Å². The number of fused-ring (bicyclic) bond motifs is 1. The second kappa shape index (κ2) is 10.1. The van der Waals surface area contributed by atoms with Crippen molar-refractivity contribution in [2.75, 3.05) is 25.0 Å². The molecule has 152 valence electrons. The third kappa shape index (κ3) is 5.58. The molecule has 6 nitrogen and oxygen atoms in total. The van der Waals surface area contributed by atoms with E-state index in [1.165, 1.54) is 31.2 Å². The molecule has 0 aliphatic carbocycles. The molecule has 0 bridgehead atoms. The molecule has 3 rings (SSSR count). The smallest absolute Gasteiger partial charge is 0.325 e. The van der Waals surface area contributed by atoms with Crippen molar-refractivity contribution in [3.05, 3.63) is 66.8 Å². The van der Waals surface area contributed by atoms with Crippen LogP contribution in [0.25, 0.3) is 11.0 Å². The van der Waals surface area contributed by atoms with Gasteiger partial charge >= 0.3 is 5.97 Å². The summed E-state index contributed by atoms with van der Waals surface area (Å²) in [6.45, 7) is 4.65. The van der Waals surface area contributed by atoms with Gasteiger partial charge in [-0.25, -0.2) is 9.37 Å². The highest BCUT2D eigenvalue weighted by Gasteiger charge is 2.14. The topological polar surface area (TPSA) is 65.4 Å². The Hall–Kier alpha value is -2.84. The average molecular weight is 415 g/mol. The molecule has 3 aromatic rings. The standard InChI is InChI=1S/C21H22FN3O3S/c1-3-11-28-12-10-20-23-18-13-16(24-29-17-7-4-15(22)5-8-17)6-9-19(18)25(20)14-21(26)27-2/h3-9,13,24H,1,10-12,14H2,2H3.